The Morgan fingerprint density at radius 2 is 2.04 bits per heavy atom. The lowest BCUT2D eigenvalue weighted by Crippen LogP contribution is -2.31. The van der Waals surface area contributed by atoms with Gasteiger partial charge in [0.1, 0.15) is 0 Å². The molecule has 2 aromatic carbocycles. The molecule has 6 heteroatoms. The van der Waals surface area contributed by atoms with Gasteiger partial charge in [0.25, 0.3) is 0 Å². The van der Waals surface area contributed by atoms with Crippen molar-refractivity contribution in [2.24, 2.45) is 0 Å². The summed E-state index contributed by atoms with van der Waals surface area (Å²) in [5.41, 5.74) is 3.26. The van der Waals surface area contributed by atoms with E-state index >= 15 is 0 Å². The lowest BCUT2D eigenvalue weighted by molar-refractivity contribution is 0.192. The van der Waals surface area contributed by atoms with Gasteiger partial charge in [-0.05, 0) is 61.6 Å². The van der Waals surface area contributed by atoms with Gasteiger partial charge in [0, 0.05) is 31.8 Å². The van der Waals surface area contributed by atoms with Crippen LogP contribution in [0.5, 0.6) is 0 Å². The molecule has 0 aliphatic carbocycles. The van der Waals surface area contributed by atoms with Gasteiger partial charge in [0.2, 0.25) is 0 Å². The van der Waals surface area contributed by atoms with E-state index in [9.17, 15) is 4.21 Å². The molecule has 0 radical (unpaired) electrons. The number of nitrogens with one attached hydrogen (secondary N) is 1. The molecule has 2 atom stereocenters. The highest BCUT2D eigenvalue weighted by atomic mass is 35.5. The molecule has 0 aromatic heterocycles. The molecule has 2 aromatic rings. The fourth-order valence-corrected chi connectivity index (χ4v) is 4.98. The lowest BCUT2D eigenvalue weighted by atomic mass is 9.96. The highest BCUT2D eigenvalue weighted by Crippen LogP contribution is 2.35. The quantitative estimate of drug-likeness (QED) is 0.688. The summed E-state index contributed by atoms with van der Waals surface area (Å²) in [5, 5.41) is 4.33. The molecule has 0 fully saturated rings. The van der Waals surface area contributed by atoms with Crippen LogP contribution in [0.2, 0.25) is 5.02 Å². The summed E-state index contributed by atoms with van der Waals surface area (Å²) in [4.78, 5) is 0.798. The van der Waals surface area contributed by atoms with Gasteiger partial charge in [0.15, 0.2) is 11.0 Å². The summed E-state index contributed by atoms with van der Waals surface area (Å²) in [6.07, 6.45) is 4.13. The predicted molar refractivity (Wildman–Crippen MR) is 113 cm³/mol. The van der Waals surface area contributed by atoms with Crippen molar-refractivity contribution in [1.82, 2.24) is 5.32 Å². The number of rotatable bonds is 7. The zero-order valence-corrected chi connectivity index (χ0v) is 17.5. The van der Waals surface area contributed by atoms with E-state index in [0.717, 1.165) is 55.0 Å². The van der Waals surface area contributed by atoms with Crippen molar-refractivity contribution in [2.45, 2.75) is 36.6 Å². The van der Waals surface area contributed by atoms with Crippen LogP contribution in [-0.2, 0) is 22.1 Å². The van der Waals surface area contributed by atoms with Crippen LogP contribution >= 0.6 is 11.6 Å². The first-order valence-electron chi connectivity index (χ1n) is 9.37. The van der Waals surface area contributed by atoms with Crippen LogP contribution in [-0.4, -0.2) is 31.5 Å². The van der Waals surface area contributed by atoms with Gasteiger partial charge >= 0.3 is 0 Å². The second kappa shape index (κ2) is 9.69. The Kier molecular flexibility index (Phi) is 7.30. The smallest absolute Gasteiger partial charge is 0.152 e. The van der Waals surface area contributed by atoms with Crippen molar-refractivity contribution < 1.29 is 8.95 Å². The molecule has 0 bridgehead atoms. The van der Waals surface area contributed by atoms with Crippen LogP contribution in [0, 0.1) is 0 Å². The summed E-state index contributed by atoms with van der Waals surface area (Å²) in [6.45, 7) is 1.76. The summed E-state index contributed by atoms with van der Waals surface area (Å²) >= 11 is 6.19. The van der Waals surface area contributed by atoms with E-state index in [-0.39, 0.29) is 6.04 Å². The van der Waals surface area contributed by atoms with E-state index in [4.69, 9.17) is 16.3 Å². The van der Waals surface area contributed by atoms with Crippen LogP contribution < -0.4 is 9.62 Å². The highest BCUT2D eigenvalue weighted by Gasteiger charge is 2.26. The molecule has 146 valence electrons. The zero-order valence-electron chi connectivity index (χ0n) is 15.9. The first-order valence-corrected chi connectivity index (χ1v) is 10.9. The molecule has 1 aliphatic rings. The monoisotopic (exact) mass is 406 g/mol. The van der Waals surface area contributed by atoms with Gasteiger partial charge in [-0.2, -0.15) is 0 Å². The Morgan fingerprint density at radius 3 is 2.85 bits per heavy atom. The minimum absolute atomic E-state index is 0.170. The van der Waals surface area contributed by atoms with Gasteiger partial charge in [-0.1, -0.05) is 35.9 Å². The van der Waals surface area contributed by atoms with Crippen LogP contribution in [0.3, 0.4) is 0 Å². The second-order valence-corrected chi connectivity index (χ2v) is 8.74. The number of methoxy groups -OCH3 is 1. The van der Waals surface area contributed by atoms with Gasteiger partial charge in [-0.15, -0.1) is 0 Å². The number of fused-ring (bicyclic) bond motifs is 2. The predicted octanol–water partition coefficient (Wildman–Crippen LogP) is 4.50. The average Bonchev–Trinajstić information content (AvgIpc) is 2.69. The van der Waals surface area contributed by atoms with E-state index in [1.165, 1.54) is 5.56 Å². The third-order valence-electron chi connectivity index (χ3n) is 4.96. The molecule has 1 heterocycles. The maximum Gasteiger partial charge on any atom is 0.152 e. The molecule has 4 nitrogen and oxygen atoms in total. The Balaban J connectivity index is 1.85. The first-order chi connectivity index (χ1) is 13.1. The number of anilines is 1. The molecule has 0 amide bonds. The molecule has 3 rings (SSSR count). The van der Waals surface area contributed by atoms with Gasteiger partial charge in [-0.3, -0.25) is 4.31 Å². The van der Waals surface area contributed by atoms with Gasteiger partial charge in [0.05, 0.1) is 10.6 Å². The Hall–Kier alpha value is -1.40. The normalized spacial score (nSPS) is 19.1. The fourth-order valence-electron chi connectivity index (χ4n) is 3.50. The van der Waals surface area contributed by atoms with Crippen molar-refractivity contribution in [1.29, 1.82) is 0 Å². The van der Waals surface area contributed by atoms with Crippen molar-refractivity contribution in [2.75, 3.05) is 31.6 Å². The molecule has 0 saturated heterocycles. The SMILES string of the molecule is COCCCCCNC1Cc2ccc(Cl)cc2S(=O)N(C)c2ccccc21. The Labute approximate surface area is 169 Å². The van der Waals surface area contributed by atoms with Crippen LogP contribution in [0.15, 0.2) is 47.4 Å². The molecule has 0 saturated carbocycles. The van der Waals surface area contributed by atoms with Crippen molar-refractivity contribution in [3.8, 4) is 0 Å². The molecule has 1 N–H and O–H groups in total. The van der Waals surface area contributed by atoms with Crippen LogP contribution in [0.1, 0.15) is 36.4 Å². The van der Waals surface area contributed by atoms with E-state index in [1.54, 1.807) is 7.11 Å². The average molecular weight is 407 g/mol. The maximum absolute atomic E-state index is 13.1. The van der Waals surface area contributed by atoms with E-state index in [0.29, 0.717) is 5.02 Å². The second-order valence-electron chi connectivity index (χ2n) is 6.82. The molecule has 0 spiro atoms. The molecule has 27 heavy (non-hydrogen) atoms. The number of para-hydroxylation sites is 1. The van der Waals surface area contributed by atoms with Crippen molar-refractivity contribution in [3.05, 3.63) is 58.6 Å². The van der Waals surface area contributed by atoms with Gasteiger partial charge < -0.3 is 10.1 Å². The number of ether oxygens (including phenoxy) is 1. The molecule has 1 aliphatic heterocycles. The van der Waals surface area contributed by atoms with Crippen molar-refractivity contribution in [3.63, 3.8) is 0 Å². The third kappa shape index (κ3) is 4.91. The third-order valence-corrected chi connectivity index (χ3v) is 6.64. The molecular weight excluding hydrogens is 380 g/mol. The number of unbranched alkanes of at least 4 members (excludes halogenated alkanes) is 2. The Bertz CT molecular complexity index is 800. The summed E-state index contributed by atoms with van der Waals surface area (Å²) < 4.78 is 20.1. The van der Waals surface area contributed by atoms with Crippen LogP contribution in [0.25, 0.3) is 0 Å². The first kappa shape index (κ1) is 20.3. The number of nitrogens with zero attached hydrogens (tertiary/aromatic N) is 1. The zero-order chi connectivity index (χ0) is 19.2. The largest absolute Gasteiger partial charge is 0.385 e. The van der Waals surface area contributed by atoms with E-state index in [2.05, 4.69) is 11.4 Å². The fraction of sp³-hybridized carbons (Fsp3) is 0.429. The minimum Gasteiger partial charge on any atom is -0.385 e. The maximum atomic E-state index is 13.1. The van der Waals surface area contributed by atoms with E-state index in [1.807, 2.05) is 47.8 Å². The molecule has 2 unspecified atom stereocenters. The number of hydrogen-bond donors (Lipinski definition) is 1. The standard InChI is InChI=1S/C21H27ClN2O2S/c1-24-20-9-5-4-8-18(20)19(23-12-6-3-7-13-26-2)14-16-10-11-17(22)15-21(16)27(24)25/h4-5,8-11,15,19,23H,3,6-7,12-14H2,1-2H3. The van der Waals surface area contributed by atoms with Gasteiger partial charge in [-0.25, -0.2) is 4.21 Å². The number of hydrogen-bond acceptors (Lipinski definition) is 3. The highest BCUT2D eigenvalue weighted by molar-refractivity contribution is 7.86. The molecular formula is C21H27ClN2O2S. The Morgan fingerprint density at radius 1 is 1.22 bits per heavy atom. The van der Waals surface area contributed by atoms with E-state index < -0.39 is 11.0 Å². The summed E-state index contributed by atoms with van der Waals surface area (Å²) in [5.74, 6) is 0. The van der Waals surface area contributed by atoms with Crippen LogP contribution in [0.4, 0.5) is 5.69 Å². The topological polar surface area (TPSA) is 41.6 Å². The van der Waals surface area contributed by atoms with Crippen molar-refractivity contribution >= 4 is 28.3 Å². The number of benzene rings is 2. The lowest BCUT2D eigenvalue weighted by Gasteiger charge is -2.30. The summed E-state index contributed by atoms with van der Waals surface area (Å²) in [7, 11) is 2.35. The minimum atomic E-state index is -1.28. The number of halogens is 1. The summed E-state index contributed by atoms with van der Waals surface area (Å²) in [6, 6.07) is 14.1.